The monoisotopic (exact) mass is 292 g/mol. The summed E-state index contributed by atoms with van der Waals surface area (Å²) >= 11 is 3.46. The minimum atomic E-state index is 0.413. The summed E-state index contributed by atoms with van der Waals surface area (Å²) < 4.78 is 6.81. The summed E-state index contributed by atoms with van der Waals surface area (Å²) in [5.41, 5.74) is 7.48. The molecule has 0 bridgehead atoms. The highest BCUT2D eigenvalue weighted by molar-refractivity contribution is 9.10. The molecular weight excluding hydrogens is 280 g/mol. The van der Waals surface area contributed by atoms with E-state index in [4.69, 9.17) is 10.5 Å². The van der Waals surface area contributed by atoms with E-state index in [1.54, 1.807) is 6.20 Å². The fraction of sp³-hybridized carbons (Fsp3) is 0.154. The van der Waals surface area contributed by atoms with Gasteiger partial charge in [0.15, 0.2) is 0 Å². The first-order valence-electron chi connectivity index (χ1n) is 5.28. The average Bonchev–Trinajstić information content (AvgIpc) is 2.34. The summed E-state index contributed by atoms with van der Waals surface area (Å²) in [5, 5.41) is 0. The van der Waals surface area contributed by atoms with Gasteiger partial charge in [-0.25, -0.2) is 0 Å². The van der Waals surface area contributed by atoms with Crippen LogP contribution in [-0.4, -0.2) is 4.98 Å². The van der Waals surface area contributed by atoms with Gasteiger partial charge in [-0.1, -0.05) is 15.9 Å². The Morgan fingerprint density at radius 2 is 2.00 bits per heavy atom. The number of halogens is 1. The zero-order valence-corrected chi connectivity index (χ0v) is 11.1. The first kappa shape index (κ1) is 12.1. The molecule has 0 radical (unpaired) electrons. The fourth-order valence-electron chi connectivity index (χ4n) is 1.45. The van der Waals surface area contributed by atoms with Gasteiger partial charge in [0.05, 0.1) is 5.69 Å². The van der Waals surface area contributed by atoms with Crippen molar-refractivity contribution in [3.63, 3.8) is 0 Å². The quantitative estimate of drug-likeness (QED) is 0.943. The third kappa shape index (κ3) is 3.05. The number of nitrogens with zero attached hydrogens (tertiary/aromatic N) is 1. The second-order valence-electron chi connectivity index (χ2n) is 3.70. The van der Waals surface area contributed by atoms with Gasteiger partial charge in [-0.15, -0.1) is 0 Å². The van der Waals surface area contributed by atoms with Gasteiger partial charge in [-0.3, -0.25) is 4.98 Å². The van der Waals surface area contributed by atoms with E-state index in [0.29, 0.717) is 6.54 Å². The molecule has 17 heavy (non-hydrogen) atoms. The highest BCUT2D eigenvalue weighted by atomic mass is 79.9. The summed E-state index contributed by atoms with van der Waals surface area (Å²) in [4.78, 5) is 4.12. The predicted octanol–water partition coefficient (Wildman–Crippen LogP) is 3.40. The molecule has 0 aliphatic carbocycles. The van der Waals surface area contributed by atoms with Gasteiger partial charge in [0, 0.05) is 23.3 Å². The van der Waals surface area contributed by atoms with Crippen LogP contribution in [0.25, 0.3) is 0 Å². The number of rotatable bonds is 3. The lowest BCUT2D eigenvalue weighted by molar-refractivity contribution is 0.480. The summed E-state index contributed by atoms with van der Waals surface area (Å²) in [6, 6.07) is 9.52. The molecule has 2 aromatic rings. The van der Waals surface area contributed by atoms with E-state index < -0.39 is 0 Å². The Morgan fingerprint density at radius 1 is 1.24 bits per heavy atom. The standard InChI is InChI=1S/C13H13BrN2O/c1-9-6-11(2-3-13(9)14)17-12-4-5-16-10(7-12)8-15/h2-7H,8,15H2,1H3. The first-order valence-corrected chi connectivity index (χ1v) is 6.07. The molecule has 88 valence electrons. The van der Waals surface area contributed by atoms with Gasteiger partial charge in [0.1, 0.15) is 11.5 Å². The molecule has 0 spiro atoms. The van der Waals surface area contributed by atoms with Crippen molar-refractivity contribution < 1.29 is 4.74 Å². The van der Waals surface area contributed by atoms with Crippen LogP contribution >= 0.6 is 15.9 Å². The normalized spacial score (nSPS) is 10.3. The number of hydrogen-bond acceptors (Lipinski definition) is 3. The molecule has 2 N–H and O–H groups in total. The van der Waals surface area contributed by atoms with Crippen molar-refractivity contribution in [2.75, 3.05) is 0 Å². The zero-order chi connectivity index (χ0) is 12.3. The molecule has 2 rings (SSSR count). The van der Waals surface area contributed by atoms with Crippen LogP contribution in [0.4, 0.5) is 0 Å². The Labute approximate surface area is 109 Å². The number of benzene rings is 1. The largest absolute Gasteiger partial charge is 0.457 e. The molecule has 0 atom stereocenters. The number of nitrogens with two attached hydrogens (primary N) is 1. The number of hydrogen-bond donors (Lipinski definition) is 1. The minimum absolute atomic E-state index is 0.413. The van der Waals surface area contributed by atoms with E-state index in [-0.39, 0.29) is 0 Å². The fourth-order valence-corrected chi connectivity index (χ4v) is 1.69. The van der Waals surface area contributed by atoms with Gasteiger partial charge in [0.25, 0.3) is 0 Å². The van der Waals surface area contributed by atoms with Crippen LogP contribution in [0.3, 0.4) is 0 Å². The maximum atomic E-state index is 5.74. The van der Waals surface area contributed by atoms with E-state index in [2.05, 4.69) is 20.9 Å². The molecule has 0 amide bonds. The van der Waals surface area contributed by atoms with Gasteiger partial charge in [0.2, 0.25) is 0 Å². The topological polar surface area (TPSA) is 48.1 Å². The Hall–Kier alpha value is -1.39. The number of ether oxygens (including phenoxy) is 1. The molecule has 4 heteroatoms. The molecule has 0 aliphatic heterocycles. The molecule has 0 saturated heterocycles. The maximum absolute atomic E-state index is 5.74. The average molecular weight is 293 g/mol. The van der Waals surface area contributed by atoms with Crippen LogP contribution in [0.1, 0.15) is 11.3 Å². The Balaban J connectivity index is 2.22. The molecule has 1 aromatic heterocycles. The lowest BCUT2D eigenvalue weighted by Crippen LogP contribution is -1.99. The van der Waals surface area contributed by atoms with Crippen LogP contribution in [0.5, 0.6) is 11.5 Å². The van der Waals surface area contributed by atoms with Crippen molar-refractivity contribution in [2.45, 2.75) is 13.5 Å². The molecule has 0 unspecified atom stereocenters. The van der Waals surface area contributed by atoms with Gasteiger partial charge in [-0.05, 0) is 36.8 Å². The van der Waals surface area contributed by atoms with E-state index in [1.807, 2.05) is 37.3 Å². The first-order chi connectivity index (χ1) is 8.19. The van der Waals surface area contributed by atoms with E-state index in [1.165, 1.54) is 0 Å². The van der Waals surface area contributed by atoms with Gasteiger partial charge < -0.3 is 10.5 Å². The van der Waals surface area contributed by atoms with Crippen molar-refractivity contribution in [1.82, 2.24) is 4.98 Å². The smallest absolute Gasteiger partial charge is 0.130 e. The van der Waals surface area contributed by atoms with E-state index in [9.17, 15) is 0 Å². The summed E-state index contributed by atoms with van der Waals surface area (Å²) in [6.07, 6.45) is 1.70. The van der Waals surface area contributed by atoms with Crippen molar-refractivity contribution in [3.8, 4) is 11.5 Å². The third-order valence-corrected chi connectivity index (χ3v) is 3.25. The van der Waals surface area contributed by atoms with Crippen molar-refractivity contribution in [1.29, 1.82) is 0 Å². The van der Waals surface area contributed by atoms with E-state index in [0.717, 1.165) is 27.2 Å². The van der Waals surface area contributed by atoms with Crippen molar-refractivity contribution in [2.24, 2.45) is 5.73 Å². The lowest BCUT2D eigenvalue weighted by atomic mass is 10.2. The van der Waals surface area contributed by atoms with Crippen LogP contribution in [0, 0.1) is 6.92 Å². The second-order valence-corrected chi connectivity index (χ2v) is 4.55. The van der Waals surface area contributed by atoms with Crippen LogP contribution < -0.4 is 10.5 Å². The van der Waals surface area contributed by atoms with Crippen LogP contribution in [0.2, 0.25) is 0 Å². The van der Waals surface area contributed by atoms with Gasteiger partial charge >= 0.3 is 0 Å². The zero-order valence-electron chi connectivity index (χ0n) is 9.48. The Kier molecular flexibility index (Phi) is 3.76. The number of aryl methyl sites for hydroxylation is 1. The highest BCUT2D eigenvalue weighted by Gasteiger charge is 2.01. The Bertz CT molecular complexity index is 529. The van der Waals surface area contributed by atoms with E-state index >= 15 is 0 Å². The summed E-state index contributed by atoms with van der Waals surface area (Å²) in [7, 11) is 0. The molecule has 0 aliphatic rings. The highest BCUT2D eigenvalue weighted by Crippen LogP contribution is 2.26. The molecular formula is C13H13BrN2O. The molecule has 1 heterocycles. The number of pyridine rings is 1. The minimum Gasteiger partial charge on any atom is -0.457 e. The maximum Gasteiger partial charge on any atom is 0.130 e. The predicted molar refractivity (Wildman–Crippen MR) is 71.1 cm³/mol. The molecule has 1 aromatic carbocycles. The van der Waals surface area contributed by atoms with Crippen LogP contribution in [-0.2, 0) is 6.54 Å². The van der Waals surface area contributed by atoms with Gasteiger partial charge in [-0.2, -0.15) is 0 Å². The molecule has 3 nitrogen and oxygen atoms in total. The molecule has 0 saturated carbocycles. The third-order valence-electron chi connectivity index (χ3n) is 2.36. The Morgan fingerprint density at radius 3 is 2.71 bits per heavy atom. The lowest BCUT2D eigenvalue weighted by Gasteiger charge is -2.08. The van der Waals surface area contributed by atoms with Crippen LogP contribution in [0.15, 0.2) is 41.0 Å². The summed E-state index contributed by atoms with van der Waals surface area (Å²) in [5.74, 6) is 1.56. The number of aromatic nitrogens is 1. The SMILES string of the molecule is Cc1cc(Oc2ccnc(CN)c2)ccc1Br. The van der Waals surface area contributed by atoms with Crippen molar-refractivity contribution in [3.05, 3.63) is 52.3 Å². The molecule has 0 fully saturated rings. The summed E-state index contributed by atoms with van der Waals surface area (Å²) in [6.45, 7) is 2.44. The second kappa shape index (κ2) is 5.29. The van der Waals surface area contributed by atoms with Crippen molar-refractivity contribution >= 4 is 15.9 Å².